The molecule has 0 unspecified atom stereocenters. The molecule has 0 aliphatic carbocycles. The first-order valence-corrected chi connectivity index (χ1v) is 4.14. The van der Waals surface area contributed by atoms with Gasteiger partial charge in [-0.3, -0.25) is 4.79 Å². The molecule has 72 valence electrons. The maximum atomic E-state index is 11.1. The summed E-state index contributed by atoms with van der Waals surface area (Å²) in [6.07, 6.45) is 1.26. The Labute approximate surface area is 75.4 Å². The summed E-state index contributed by atoms with van der Waals surface area (Å²) in [7, 11) is 0. The normalized spacial score (nSPS) is 10.3. The van der Waals surface area contributed by atoms with Crippen molar-refractivity contribution in [2.75, 3.05) is 0 Å². The predicted molar refractivity (Wildman–Crippen MR) is 46.6 cm³/mol. The lowest BCUT2D eigenvalue weighted by Gasteiger charge is -2.02. The third kappa shape index (κ3) is 2.09. The Morgan fingerprint density at radius 3 is 2.77 bits per heavy atom. The van der Waals surface area contributed by atoms with E-state index in [4.69, 9.17) is 9.52 Å². The Kier molecular flexibility index (Phi) is 3.08. The SMILES string of the molecule is CCCc1oc(CO)cc(=O)c1O. The molecular formula is C9H12O4. The van der Waals surface area contributed by atoms with Gasteiger partial charge in [0.1, 0.15) is 18.1 Å². The van der Waals surface area contributed by atoms with Crippen LogP contribution in [-0.4, -0.2) is 10.2 Å². The number of aryl methyl sites for hydroxylation is 1. The van der Waals surface area contributed by atoms with E-state index in [1.807, 2.05) is 6.92 Å². The first-order valence-electron chi connectivity index (χ1n) is 4.14. The summed E-state index contributed by atoms with van der Waals surface area (Å²) < 4.78 is 5.08. The summed E-state index contributed by atoms with van der Waals surface area (Å²) in [5, 5.41) is 18.0. The number of rotatable bonds is 3. The summed E-state index contributed by atoms with van der Waals surface area (Å²) in [5.74, 6) is 0.0874. The monoisotopic (exact) mass is 184 g/mol. The van der Waals surface area contributed by atoms with Crippen LogP contribution in [-0.2, 0) is 13.0 Å². The van der Waals surface area contributed by atoms with Gasteiger partial charge in [-0.1, -0.05) is 6.92 Å². The van der Waals surface area contributed by atoms with Crippen LogP contribution in [0.4, 0.5) is 0 Å². The molecular weight excluding hydrogens is 172 g/mol. The fourth-order valence-corrected chi connectivity index (χ4v) is 1.06. The van der Waals surface area contributed by atoms with E-state index in [2.05, 4.69) is 0 Å². The van der Waals surface area contributed by atoms with Crippen LogP contribution in [0.15, 0.2) is 15.3 Å². The van der Waals surface area contributed by atoms with Crippen molar-refractivity contribution in [3.63, 3.8) is 0 Å². The van der Waals surface area contributed by atoms with Crippen molar-refractivity contribution in [2.24, 2.45) is 0 Å². The minimum atomic E-state index is -0.501. The third-order valence-corrected chi connectivity index (χ3v) is 1.68. The van der Waals surface area contributed by atoms with E-state index < -0.39 is 5.43 Å². The van der Waals surface area contributed by atoms with Gasteiger partial charge in [0.2, 0.25) is 11.2 Å². The zero-order chi connectivity index (χ0) is 9.84. The first kappa shape index (κ1) is 9.80. The maximum absolute atomic E-state index is 11.1. The van der Waals surface area contributed by atoms with Crippen LogP contribution >= 0.6 is 0 Å². The molecule has 0 aliphatic rings. The van der Waals surface area contributed by atoms with E-state index in [-0.39, 0.29) is 23.9 Å². The average Bonchev–Trinajstić information content (AvgIpc) is 2.13. The fourth-order valence-electron chi connectivity index (χ4n) is 1.06. The Morgan fingerprint density at radius 1 is 1.54 bits per heavy atom. The summed E-state index contributed by atoms with van der Waals surface area (Å²) in [4.78, 5) is 11.1. The molecule has 0 aromatic carbocycles. The highest BCUT2D eigenvalue weighted by Crippen LogP contribution is 2.15. The van der Waals surface area contributed by atoms with Gasteiger partial charge < -0.3 is 14.6 Å². The van der Waals surface area contributed by atoms with Crippen molar-refractivity contribution in [3.05, 3.63) is 27.8 Å². The topological polar surface area (TPSA) is 70.7 Å². The fraction of sp³-hybridized carbons (Fsp3) is 0.444. The smallest absolute Gasteiger partial charge is 0.227 e. The highest BCUT2D eigenvalue weighted by molar-refractivity contribution is 5.24. The van der Waals surface area contributed by atoms with Crippen molar-refractivity contribution >= 4 is 0 Å². The number of aromatic hydroxyl groups is 1. The molecule has 4 heteroatoms. The van der Waals surface area contributed by atoms with E-state index in [1.165, 1.54) is 0 Å². The lowest BCUT2D eigenvalue weighted by Crippen LogP contribution is -2.04. The molecule has 2 N–H and O–H groups in total. The molecule has 0 aliphatic heterocycles. The Morgan fingerprint density at radius 2 is 2.23 bits per heavy atom. The van der Waals surface area contributed by atoms with Crippen molar-refractivity contribution in [1.82, 2.24) is 0 Å². The second-order valence-electron chi connectivity index (χ2n) is 2.76. The van der Waals surface area contributed by atoms with Gasteiger partial charge in [0.05, 0.1) is 0 Å². The molecule has 1 aromatic rings. The molecule has 0 radical (unpaired) electrons. The second kappa shape index (κ2) is 4.09. The van der Waals surface area contributed by atoms with Crippen molar-refractivity contribution in [1.29, 1.82) is 0 Å². The molecule has 0 fully saturated rings. The molecule has 0 saturated carbocycles. The van der Waals surface area contributed by atoms with Gasteiger partial charge in [-0.15, -0.1) is 0 Å². The van der Waals surface area contributed by atoms with Gasteiger partial charge in [-0.2, -0.15) is 0 Å². The van der Waals surface area contributed by atoms with Crippen LogP contribution in [0.1, 0.15) is 24.9 Å². The van der Waals surface area contributed by atoms with Gasteiger partial charge in [0.15, 0.2) is 0 Å². The van der Waals surface area contributed by atoms with Crippen LogP contribution < -0.4 is 5.43 Å². The largest absolute Gasteiger partial charge is 0.502 e. The maximum Gasteiger partial charge on any atom is 0.227 e. The van der Waals surface area contributed by atoms with Crippen molar-refractivity contribution < 1.29 is 14.6 Å². The Hall–Kier alpha value is -1.29. The molecule has 13 heavy (non-hydrogen) atoms. The lowest BCUT2D eigenvalue weighted by atomic mass is 10.2. The van der Waals surface area contributed by atoms with E-state index in [9.17, 15) is 9.90 Å². The van der Waals surface area contributed by atoms with Crippen LogP contribution in [0.5, 0.6) is 5.75 Å². The zero-order valence-electron chi connectivity index (χ0n) is 7.41. The average molecular weight is 184 g/mol. The van der Waals surface area contributed by atoms with Crippen molar-refractivity contribution in [2.45, 2.75) is 26.4 Å². The van der Waals surface area contributed by atoms with Crippen LogP contribution in [0.3, 0.4) is 0 Å². The highest BCUT2D eigenvalue weighted by Gasteiger charge is 2.09. The molecule has 1 aromatic heterocycles. The van der Waals surface area contributed by atoms with Crippen molar-refractivity contribution in [3.8, 4) is 5.75 Å². The number of hydrogen-bond donors (Lipinski definition) is 2. The number of hydrogen-bond acceptors (Lipinski definition) is 4. The minimum Gasteiger partial charge on any atom is -0.502 e. The summed E-state index contributed by atoms with van der Waals surface area (Å²) in [6.45, 7) is 1.58. The van der Waals surface area contributed by atoms with Gasteiger partial charge in [0.25, 0.3) is 0 Å². The molecule has 4 nitrogen and oxygen atoms in total. The molecule has 0 bridgehead atoms. The van der Waals surface area contributed by atoms with Gasteiger partial charge in [0, 0.05) is 12.5 Å². The van der Waals surface area contributed by atoms with Gasteiger partial charge >= 0.3 is 0 Å². The first-order chi connectivity index (χ1) is 6.19. The van der Waals surface area contributed by atoms with E-state index >= 15 is 0 Å². The van der Waals surface area contributed by atoms with Crippen LogP contribution in [0.25, 0.3) is 0 Å². The zero-order valence-corrected chi connectivity index (χ0v) is 7.41. The van der Waals surface area contributed by atoms with Gasteiger partial charge in [-0.25, -0.2) is 0 Å². The minimum absolute atomic E-state index is 0.186. The van der Waals surface area contributed by atoms with E-state index in [0.717, 1.165) is 12.5 Å². The second-order valence-corrected chi connectivity index (χ2v) is 2.76. The molecule has 0 spiro atoms. The molecule has 1 rings (SSSR count). The predicted octanol–water partition coefficient (Wildman–Crippen LogP) is 0.790. The quantitative estimate of drug-likeness (QED) is 0.728. The number of aliphatic hydroxyl groups excluding tert-OH is 1. The molecule has 0 saturated heterocycles. The third-order valence-electron chi connectivity index (χ3n) is 1.68. The Balaban J connectivity index is 3.17. The molecule has 0 atom stereocenters. The Bertz CT molecular complexity index is 340. The number of aliphatic hydroxyl groups is 1. The highest BCUT2D eigenvalue weighted by atomic mass is 16.4. The van der Waals surface area contributed by atoms with Gasteiger partial charge in [-0.05, 0) is 6.42 Å². The van der Waals surface area contributed by atoms with E-state index in [0.29, 0.717) is 6.42 Å². The van der Waals surface area contributed by atoms with Crippen LogP contribution in [0.2, 0.25) is 0 Å². The standard InChI is InChI=1S/C9H12O4/c1-2-3-8-9(12)7(11)4-6(5-10)13-8/h4,10,12H,2-3,5H2,1H3. The summed E-state index contributed by atoms with van der Waals surface area (Å²) >= 11 is 0. The summed E-state index contributed by atoms with van der Waals surface area (Å²) in [5.41, 5.74) is -0.501. The molecule has 0 amide bonds. The lowest BCUT2D eigenvalue weighted by molar-refractivity contribution is 0.235. The van der Waals surface area contributed by atoms with E-state index in [1.54, 1.807) is 0 Å². The molecule has 1 heterocycles. The summed E-state index contributed by atoms with van der Waals surface area (Å²) in [6, 6.07) is 1.09. The van der Waals surface area contributed by atoms with Crippen LogP contribution in [0, 0.1) is 0 Å².